The van der Waals surface area contributed by atoms with E-state index >= 15 is 0 Å². The molecule has 0 aromatic carbocycles. The molecule has 86 valence electrons. The first-order chi connectivity index (χ1) is 6.45. The van der Waals surface area contributed by atoms with Crippen LogP contribution in [0.5, 0.6) is 0 Å². The Kier molecular flexibility index (Phi) is 6.86. The summed E-state index contributed by atoms with van der Waals surface area (Å²) in [7, 11) is 1.46. The van der Waals surface area contributed by atoms with Crippen LogP contribution >= 0.6 is 0 Å². The molecule has 0 saturated heterocycles. The molecule has 3 nitrogen and oxygen atoms in total. The third-order valence-electron chi connectivity index (χ3n) is 1.60. The van der Waals surface area contributed by atoms with Crippen LogP contribution in [-0.2, 0) is 4.74 Å². The Morgan fingerprint density at radius 1 is 1.36 bits per heavy atom. The van der Waals surface area contributed by atoms with Gasteiger partial charge in [-0.15, -0.1) is 0 Å². The van der Waals surface area contributed by atoms with E-state index < -0.39 is 18.7 Å². The van der Waals surface area contributed by atoms with Crippen LogP contribution in [0.15, 0.2) is 0 Å². The average Bonchev–Trinajstić information content (AvgIpc) is 2.02. The smallest absolute Gasteiger partial charge is 0.390 e. The summed E-state index contributed by atoms with van der Waals surface area (Å²) >= 11 is 0. The molecule has 0 aliphatic rings. The molecule has 0 fully saturated rings. The molecule has 2 N–H and O–H groups in total. The molecule has 1 atom stereocenters. The molecule has 0 aromatic rings. The maximum Gasteiger partial charge on any atom is 0.390 e. The maximum absolute atomic E-state index is 11.7. The summed E-state index contributed by atoms with van der Waals surface area (Å²) in [6.07, 6.45) is -5.17. The van der Waals surface area contributed by atoms with Crippen molar-refractivity contribution in [3.05, 3.63) is 0 Å². The van der Waals surface area contributed by atoms with E-state index in [-0.39, 0.29) is 13.2 Å². The second-order valence-corrected chi connectivity index (χ2v) is 3.01. The van der Waals surface area contributed by atoms with Crippen molar-refractivity contribution >= 4 is 0 Å². The molecule has 0 spiro atoms. The zero-order valence-corrected chi connectivity index (χ0v) is 8.10. The van der Waals surface area contributed by atoms with Gasteiger partial charge < -0.3 is 15.2 Å². The van der Waals surface area contributed by atoms with E-state index in [1.54, 1.807) is 0 Å². The van der Waals surface area contributed by atoms with Crippen molar-refractivity contribution in [3.63, 3.8) is 0 Å². The SMILES string of the molecule is COCC(O)CCNCCC(F)(F)F. The number of methoxy groups -OCH3 is 1. The highest BCUT2D eigenvalue weighted by Crippen LogP contribution is 2.17. The Morgan fingerprint density at radius 2 is 2.00 bits per heavy atom. The molecule has 0 rings (SSSR count). The van der Waals surface area contributed by atoms with Crippen molar-refractivity contribution in [3.8, 4) is 0 Å². The first kappa shape index (κ1) is 13.7. The number of nitrogens with one attached hydrogen (secondary N) is 1. The minimum atomic E-state index is -4.11. The Labute approximate surface area is 81.2 Å². The number of halogens is 3. The normalized spacial score (nSPS) is 14.4. The molecule has 0 saturated carbocycles. The average molecular weight is 215 g/mol. The first-order valence-corrected chi connectivity index (χ1v) is 4.40. The van der Waals surface area contributed by atoms with Crippen LogP contribution in [0.25, 0.3) is 0 Å². The van der Waals surface area contributed by atoms with Gasteiger partial charge in [0, 0.05) is 13.7 Å². The van der Waals surface area contributed by atoms with Crippen molar-refractivity contribution in [1.82, 2.24) is 5.32 Å². The van der Waals surface area contributed by atoms with Crippen LogP contribution in [0.2, 0.25) is 0 Å². The summed E-state index contributed by atoms with van der Waals surface area (Å²) in [5.74, 6) is 0. The van der Waals surface area contributed by atoms with Gasteiger partial charge >= 0.3 is 6.18 Å². The molecular formula is C8H16F3NO2. The molecule has 0 radical (unpaired) electrons. The fourth-order valence-electron chi connectivity index (χ4n) is 0.900. The predicted octanol–water partition coefficient (Wildman–Crippen LogP) is 0.926. The lowest BCUT2D eigenvalue weighted by molar-refractivity contribution is -0.133. The van der Waals surface area contributed by atoms with Crippen LogP contribution < -0.4 is 5.32 Å². The van der Waals surface area contributed by atoms with Gasteiger partial charge in [-0.1, -0.05) is 0 Å². The van der Waals surface area contributed by atoms with E-state index in [1.807, 2.05) is 0 Å². The molecule has 0 heterocycles. The fraction of sp³-hybridized carbons (Fsp3) is 1.00. The monoisotopic (exact) mass is 215 g/mol. The number of hydrogen-bond acceptors (Lipinski definition) is 3. The zero-order valence-electron chi connectivity index (χ0n) is 8.10. The van der Waals surface area contributed by atoms with Crippen molar-refractivity contribution in [2.75, 3.05) is 26.8 Å². The summed E-state index contributed by atoms with van der Waals surface area (Å²) in [6.45, 7) is 0.463. The van der Waals surface area contributed by atoms with Gasteiger partial charge in [0.25, 0.3) is 0 Å². The Hall–Kier alpha value is -0.330. The minimum absolute atomic E-state index is 0.108. The molecule has 6 heteroatoms. The predicted molar refractivity (Wildman–Crippen MR) is 46.0 cm³/mol. The third-order valence-corrected chi connectivity index (χ3v) is 1.60. The lowest BCUT2D eigenvalue weighted by atomic mass is 10.2. The molecule has 14 heavy (non-hydrogen) atoms. The van der Waals surface area contributed by atoms with Crippen LogP contribution in [0.4, 0.5) is 13.2 Å². The molecule has 0 aromatic heterocycles. The zero-order chi connectivity index (χ0) is 11.0. The van der Waals surface area contributed by atoms with Gasteiger partial charge in [-0.05, 0) is 13.0 Å². The van der Waals surface area contributed by atoms with Crippen molar-refractivity contribution in [1.29, 1.82) is 0 Å². The summed E-state index contributed by atoms with van der Waals surface area (Å²) in [5, 5.41) is 11.7. The van der Waals surface area contributed by atoms with E-state index in [1.165, 1.54) is 7.11 Å². The minimum Gasteiger partial charge on any atom is -0.391 e. The second kappa shape index (κ2) is 7.03. The van der Waals surface area contributed by atoms with Crippen LogP contribution in [0.3, 0.4) is 0 Å². The van der Waals surface area contributed by atoms with Crippen LogP contribution in [0.1, 0.15) is 12.8 Å². The van der Waals surface area contributed by atoms with Gasteiger partial charge in [-0.2, -0.15) is 13.2 Å². The summed E-state index contributed by atoms with van der Waals surface area (Å²) in [6, 6.07) is 0. The van der Waals surface area contributed by atoms with E-state index in [9.17, 15) is 13.2 Å². The van der Waals surface area contributed by atoms with Gasteiger partial charge in [0.1, 0.15) is 0 Å². The highest BCUT2D eigenvalue weighted by molar-refractivity contribution is 4.58. The quantitative estimate of drug-likeness (QED) is 0.621. The fourth-order valence-corrected chi connectivity index (χ4v) is 0.900. The number of rotatable bonds is 7. The molecule has 0 bridgehead atoms. The van der Waals surface area contributed by atoms with Gasteiger partial charge in [-0.25, -0.2) is 0 Å². The second-order valence-electron chi connectivity index (χ2n) is 3.01. The van der Waals surface area contributed by atoms with E-state index in [0.29, 0.717) is 13.0 Å². The Bertz CT molecular complexity index is 141. The third kappa shape index (κ3) is 9.76. The number of hydrogen-bond donors (Lipinski definition) is 2. The number of aliphatic hydroxyl groups excluding tert-OH is 1. The lowest BCUT2D eigenvalue weighted by Crippen LogP contribution is -2.26. The first-order valence-electron chi connectivity index (χ1n) is 4.40. The Morgan fingerprint density at radius 3 is 2.50 bits per heavy atom. The number of ether oxygens (including phenoxy) is 1. The highest BCUT2D eigenvalue weighted by atomic mass is 19.4. The van der Waals surface area contributed by atoms with E-state index in [2.05, 4.69) is 10.1 Å². The van der Waals surface area contributed by atoms with E-state index in [4.69, 9.17) is 5.11 Å². The van der Waals surface area contributed by atoms with Crippen molar-refractivity contribution < 1.29 is 23.0 Å². The summed E-state index contributed by atoms with van der Waals surface area (Å²) in [5.41, 5.74) is 0. The topological polar surface area (TPSA) is 41.5 Å². The molecule has 0 aliphatic heterocycles. The van der Waals surface area contributed by atoms with Crippen molar-refractivity contribution in [2.45, 2.75) is 25.1 Å². The molecule has 1 unspecified atom stereocenters. The maximum atomic E-state index is 11.7. The van der Waals surface area contributed by atoms with Crippen molar-refractivity contribution in [2.24, 2.45) is 0 Å². The summed E-state index contributed by atoms with van der Waals surface area (Å²) in [4.78, 5) is 0. The summed E-state index contributed by atoms with van der Waals surface area (Å²) < 4.78 is 39.6. The molecular weight excluding hydrogens is 199 g/mol. The molecule has 0 amide bonds. The highest BCUT2D eigenvalue weighted by Gasteiger charge is 2.25. The standard InChI is InChI=1S/C8H16F3NO2/c1-14-6-7(13)2-4-12-5-3-8(9,10)11/h7,12-13H,2-6H2,1H3. The number of alkyl halides is 3. The van der Waals surface area contributed by atoms with Gasteiger partial charge in [-0.3, -0.25) is 0 Å². The largest absolute Gasteiger partial charge is 0.391 e. The van der Waals surface area contributed by atoms with Crippen LogP contribution in [-0.4, -0.2) is 44.2 Å². The van der Waals surface area contributed by atoms with E-state index in [0.717, 1.165) is 0 Å². The Balaban J connectivity index is 3.21. The van der Waals surface area contributed by atoms with Gasteiger partial charge in [0.05, 0.1) is 19.1 Å². The number of aliphatic hydroxyl groups is 1. The van der Waals surface area contributed by atoms with Gasteiger partial charge in [0.15, 0.2) is 0 Å². The molecule has 0 aliphatic carbocycles. The van der Waals surface area contributed by atoms with Crippen LogP contribution in [0, 0.1) is 0 Å². The lowest BCUT2D eigenvalue weighted by Gasteiger charge is -2.10. The van der Waals surface area contributed by atoms with Gasteiger partial charge in [0.2, 0.25) is 0 Å².